The zero-order valence-electron chi connectivity index (χ0n) is 16.2. The summed E-state index contributed by atoms with van der Waals surface area (Å²) in [5.41, 5.74) is 0.407. The number of rotatable bonds is 14. The third-order valence-electron chi connectivity index (χ3n) is 3.79. The molecule has 0 N–H and O–H groups in total. The average molecular weight is 395 g/mol. The smallest absolute Gasteiger partial charge is 0.190 e. The van der Waals surface area contributed by atoms with Crippen LogP contribution in [0.4, 0.5) is 5.82 Å². The molecular weight excluding hydrogens is 364 g/mol. The van der Waals surface area contributed by atoms with Gasteiger partial charge in [0.1, 0.15) is 16.7 Å². The van der Waals surface area contributed by atoms with Crippen LogP contribution in [0, 0.1) is 11.3 Å². The number of thioether (sulfide) groups is 2. The minimum atomic E-state index is 0.388. The molecule has 26 heavy (non-hydrogen) atoms. The van der Waals surface area contributed by atoms with E-state index in [1.54, 1.807) is 11.8 Å². The van der Waals surface area contributed by atoms with Gasteiger partial charge in [0.2, 0.25) is 0 Å². The van der Waals surface area contributed by atoms with E-state index in [0.717, 1.165) is 12.2 Å². The van der Waals surface area contributed by atoms with E-state index in [1.807, 2.05) is 13.2 Å². The van der Waals surface area contributed by atoms with Crippen LogP contribution in [-0.2, 0) is 4.74 Å². The summed E-state index contributed by atoms with van der Waals surface area (Å²) < 4.78 is 5.14. The molecule has 1 aromatic heterocycles. The van der Waals surface area contributed by atoms with Gasteiger partial charge < -0.3 is 4.74 Å². The van der Waals surface area contributed by atoms with E-state index in [9.17, 15) is 5.26 Å². The highest BCUT2D eigenvalue weighted by atomic mass is 32.2. The standard InChI is InChI=1S/C19H30N4OS2/c1-4-6-7-8-9-10-11-12-13-26-19-22-17(21-15-24-5-2)16(14-20)18(23-19)25-3/h15H,4-13H2,1-3H3. The molecule has 0 aliphatic carbocycles. The van der Waals surface area contributed by atoms with Crippen molar-refractivity contribution in [3.05, 3.63) is 5.56 Å². The van der Waals surface area contributed by atoms with E-state index in [-0.39, 0.29) is 0 Å². The number of hydrogen-bond acceptors (Lipinski definition) is 7. The molecular formula is C19H30N4OS2. The van der Waals surface area contributed by atoms with Gasteiger partial charge >= 0.3 is 0 Å². The minimum absolute atomic E-state index is 0.388. The Hall–Kier alpha value is -1.26. The number of aromatic nitrogens is 2. The van der Waals surface area contributed by atoms with Crippen molar-refractivity contribution in [2.24, 2.45) is 4.99 Å². The van der Waals surface area contributed by atoms with Crippen LogP contribution in [-0.4, -0.2) is 35.0 Å². The lowest BCUT2D eigenvalue weighted by atomic mass is 10.1. The summed E-state index contributed by atoms with van der Waals surface area (Å²) in [5.74, 6) is 1.38. The summed E-state index contributed by atoms with van der Waals surface area (Å²) in [6, 6.07) is 2.15. The summed E-state index contributed by atoms with van der Waals surface area (Å²) in [4.78, 5) is 13.1. The van der Waals surface area contributed by atoms with Crippen LogP contribution in [0.15, 0.2) is 15.2 Å². The molecule has 0 amide bonds. The molecule has 0 saturated heterocycles. The summed E-state index contributed by atoms with van der Waals surface area (Å²) in [6.07, 6.45) is 13.7. The number of nitriles is 1. The van der Waals surface area contributed by atoms with Crippen LogP contribution >= 0.6 is 23.5 Å². The van der Waals surface area contributed by atoms with Gasteiger partial charge in [-0.2, -0.15) is 10.3 Å². The van der Waals surface area contributed by atoms with Gasteiger partial charge in [-0.1, -0.05) is 63.6 Å². The molecule has 1 aromatic rings. The Morgan fingerprint density at radius 2 is 1.77 bits per heavy atom. The first-order chi connectivity index (χ1) is 12.8. The first kappa shape index (κ1) is 22.8. The monoisotopic (exact) mass is 394 g/mol. The Bertz CT molecular complexity index is 588. The van der Waals surface area contributed by atoms with Gasteiger partial charge in [0.25, 0.3) is 0 Å². The Morgan fingerprint density at radius 3 is 2.38 bits per heavy atom. The Balaban J connectivity index is 2.51. The van der Waals surface area contributed by atoms with Crippen LogP contribution in [0.2, 0.25) is 0 Å². The van der Waals surface area contributed by atoms with Crippen molar-refractivity contribution in [2.45, 2.75) is 75.4 Å². The van der Waals surface area contributed by atoms with Crippen LogP contribution in [0.1, 0.15) is 70.8 Å². The summed E-state index contributed by atoms with van der Waals surface area (Å²) in [5, 5.41) is 10.7. The van der Waals surface area contributed by atoms with Gasteiger partial charge in [0.05, 0.1) is 6.61 Å². The lowest BCUT2D eigenvalue weighted by Gasteiger charge is -2.06. The molecule has 0 aliphatic heterocycles. The first-order valence-electron chi connectivity index (χ1n) is 9.39. The zero-order valence-corrected chi connectivity index (χ0v) is 17.8. The quantitative estimate of drug-likeness (QED) is 0.0962. The van der Waals surface area contributed by atoms with Crippen LogP contribution in [0.3, 0.4) is 0 Å². The van der Waals surface area contributed by atoms with E-state index < -0.39 is 0 Å². The number of ether oxygens (including phenoxy) is 1. The number of aliphatic imine (C=N–C) groups is 1. The third-order valence-corrected chi connectivity index (χ3v) is 5.40. The molecule has 0 aromatic carbocycles. The molecule has 0 aliphatic rings. The Kier molecular flexibility index (Phi) is 13.0. The summed E-state index contributed by atoms with van der Waals surface area (Å²) in [6.45, 7) is 4.67. The highest BCUT2D eigenvalue weighted by Gasteiger charge is 2.13. The Labute approximate surface area is 166 Å². The molecule has 0 spiro atoms. The number of nitrogens with zero attached hydrogens (tertiary/aromatic N) is 4. The van der Waals surface area contributed by atoms with Crippen molar-refractivity contribution in [3.8, 4) is 6.07 Å². The second-order valence-electron chi connectivity index (χ2n) is 5.84. The zero-order chi connectivity index (χ0) is 19.0. The second kappa shape index (κ2) is 14.9. The molecule has 144 valence electrons. The van der Waals surface area contributed by atoms with Crippen molar-refractivity contribution in [2.75, 3.05) is 18.6 Å². The van der Waals surface area contributed by atoms with Crippen molar-refractivity contribution in [3.63, 3.8) is 0 Å². The molecule has 1 heterocycles. The van der Waals surface area contributed by atoms with Crippen LogP contribution in [0.5, 0.6) is 0 Å². The molecule has 1 rings (SSSR count). The number of unbranched alkanes of at least 4 members (excludes halogenated alkanes) is 7. The minimum Gasteiger partial charge on any atom is -0.483 e. The maximum Gasteiger partial charge on any atom is 0.190 e. The Morgan fingerprint density at radius 1 is 1.08 bits per heavy atom. The second-order valence-corrected chi connectivity index (χ2v) is 7.70. The molecule has 0 atom stereocenters. The maximum absolute atomic E-state index is 9.36. The summed E-state index contributed by atoms with van der Waals surface area (Å²) >= 11 is 3.08. The average Bonchev–Trinajstić information content (AvgIpc) is 2.66. The highest BCUT2D eigenvalue weighted by molar-refractivity contribution is 7.99. The highest BCUT2D eigenvalue weighted by Crippen LogP contribution is 2.28. The van der Waals surface area contributed by atoms with E-state index in [1.165, 1.54) is 63.1 Å². The topological polar surface area (TPSA) is 71.2 Å². The van der Waals surface area contributed by atoms with E-state index >= 15 is 0 Å². The fraction of sp³-hybridized carbons (Fsp3) is 0.684. The molecule has 7 heteroatoms. The molecule has 5 nitrogen and oxygen atoms in total. The molecule has 0 unspecified atom stereocenters. The van der Waals surface area contributed by atoms with Crippen LogP contribution in [0.25, 0.3) is 0 Å². The lowest BCUT2D eigenvalue weighted by molar-refractivity contribution is 0.344. The van der Waals surface area contributed by atoms with Crippen molar-refractivity contribution < 1.29 is 4.74 Å². The van der Waals surface area contributed by atoms with Gasteiger partial charge in [-0.05, 0) is 19.6 Å². The summed E-state index contributed by atoms with van der Waals surface area (Å²) in [7, 11) is 0. The SMILES string of the molecule is CCCCCCCCCCSc1nc(N=COCC)c(C#N)c(SC)n1. The predicted molar refractivity (Wildman–Crippen MR) is 112 cm³/mol. The van der Waals surface area contributed by atoms with Crippen molar-refractivity contribution in [1.82, 2.24) is 9.97 Å². The fourth-order valence-electron chi connectivity index (χ4n) is 2.37. The van der Waals surface area contributed by atoms with Gasteiger partial charge in [-0.25, -0.2) is 9.97 Å². The first-order valence-corrected chi connectivity index (χ1v) is 11.6. The normalized spacial score (nSPS) is 11.0. The van der Waals surface area contributed by atoms with Crippen molar-refractivity contribution >= 4 is 35.7 Å². The van der Waals surface area contributed by atoms with Gasteiger partial charge in [-0.3, -0.25) is 0 Å². The van der Waals surface area contributed by atoms with Crippen LogP contribution < -0.4 is 0 Å². The lowest BCUT2D eigenvalue weighted by Crippen LogP contribution is -1.96. The van der Waals surface area contributed by atoms with Gasteiger partial charge in [-0.15, -0.1) is 11.8 Å². The maximum atomic E-state index is 9.36. The van der Waals surface area contributed by atoms with Crippen molar-refractivity contribution in [1.29, 1.82) is 5.26 Å². The predicted octanol–water partition coefficient (Wildman–Crippen LogP) is 6.00. The van der Waals surface area contributed by atoms with E-state index in [0.29, 0.717) is 28.2 Å². The van der Waals surface area contributed by atoms with Gasteiger partial charge in [0.15, 0.2) is 17.4 Å². The fourth-order valence-corrected chi connectivity index (χ4v) is 3.79. The largest absolute Gasteiger partial charge is 0.483 e. The molecule has 0 bridgehead atoms. The van der Waals surface area contributed by atoms with Gasteiger partial charge in [0, 0.05) is 5.75 Å². The number of hydrogen-bond donors (Lipinski definition) is 0. The van der Waals surface area contributed by atoms with E-state index in [4.69, 9.17) is 4.74 Å². The third kappa shape index (κ3) is 8.91. The molecule has 0 radical (unpaired) electrons. The molecule has 0 saturated carbocycles. The van der Waals surface area contributed by atoms with E-state index in [2.05, 4.69) is 28.0 Å². The molecule has 0 fully saturated rings.